The summed E-state index contributed by atoms with van der Waals surface area (Å²) in [6, 6.07) is 0. The summed E-state index contributed by atoms with van der Waals surface area (Å²) in [4.78, 5) is 26.2. The monoisotopic (exact) mass is 237 g/mol. The summed E-state index contributed by atoms with van der Waals surface area (Å²) in [5.41, 5.74) is -0.693. The van der Waals surface area contributed by atoms with E-state index in [2.05, 4.69) is 9.72 Å². The van der Waals surface area contributed by atoms with Crippen LogP contribution in [0.15, 0.2) is 10.7 Å². The Labute approximate surface area is 96.6 Å². The molecule has 3 aliphatic carbocycles. The molecular weight excluding hydrogens is 226 g/mol. The van der Waals surface area contributed by atoms with Crippen LogP contribution in [-0.2, 0) is 14.9 Å². The van der Waals surface area contributed by atoms with E-state index in [0.29, 0.717) is 25.2 Å². The lowest BCUT2D eigenvalue weighted by molar-refractivity contribution is -0.198. The first kappa shape index (κ1) is 10.3. The highest BCUT2D eigenvalue weighted by molar-refractivity contribution is 5.86. The number of carbonyl (C=O) groups excluding carboxylic acids is 1. The van der Waals surface area contributed by atoms with Crippen LogP contribution in [0.4, 0.5) is 0 Å². The average molecular weight is 237 g/mol. The first-order chi connectivity index (χ1) is 8.01. The highest BCUT2D eigenvalue weighted by atomic mass is 16.5. The van der Waals surface area contributed by atoms with Crippen LogP contribution in [-0.4, -0.2) is 29.1 Å². The summed E-state index contributed by atoms with van der Waals surface area (Å²) in [6.45, 7) is 0. The second kappa shape index (κ2) is 2.88. The molecule has 0 aliphatic heterocycles. The molecule has 1 aromatic heterocycles. The van der Waals surface area contributed by atoms with E-state index in [1.54, 1.807) is 0 Å². The van der Waals surface area contributed by atoms with Crippen LogP contribution in [0.1, 0.15) is 35.6 Å². The van der Waals surface area contributed by atoms with Crippen molar-refractivity contribution in [3.8, 4) is 0 Å². The third kappa shape index (κ3) is 1.12. The normalized spacial score (nSPS) is 33.5. The van der Waals surface area contributed by atoms with Gasteiger partial charge in [0.25, 0.3) is 0 Å². The molecule has 4 rings (SSSR count). The Hall–Kier alpha value is -1.85. The van der Waals surface area contributed by atoms with E-state index in [9.17, 15) is 9.59 Å². The molecule has 0 amide bonds. The molecule has 2 bridgehead atoms. The number of nitrogens with zero attached hydrogens (tertiary/aromatic N) is 1. The van der Waals surface area contributed by atoms with Gasteiger partial charge in [-0.1, -0.05) is 0 Å². The number of ether oxygens (including phenoxy) is 1. The number of oxazole rings is 1. The summed E-state index contributed by atoms with van der Waals surface area (Å²) in [5, 5.41) is 9.00. The number of hydrogen-bond donors (Lipinski definition) is 1. The Morgan fingerprint density at radius 3 is 2.65 bits per heavy atom. The lowest BCUT2D eigenvalue weighted by Gasteiger charge is -2.66. The van der Waals surface area contributed by atoms with Gasteiger partial charge in [0, 0.05) is 0 Å². The first-order valence-electron chi connectivity index (χ1n) is 5.29. The minimum atomic E-state index is -0.751. The van der Waals surface area contributed by atoms with Crippen LogP contribution in [0.3, 0.4) is 0 Å². The van der Waals surface area contributed by atoms with E-state index in [-0.39, 0.29) is 11.1 Å². The van der Waals surface area contributed by atoms with Crippen molar-refractivity contribution >= 4 is 11.9 Å². The highest BCUT2D eigenvalue weighted by Gasteiger charge is 2.74. The van der Waals surface area contributed by atoms with Crippen molar-refractivity contribution in [1.29, 1.82) is 0 Å². The molecule has 0 unspecified atom stereocenters. The second-order valence-corrected chi connectivity index (χ2v) is 4.93. The third-order valence-electron chi connectivity index (χ3n) is 3.84. The topological polar surface area (TPSA) is 89.6 Å². The largest absolute Gasteiger partial charge is 0.481 e. The van der Waals surface area contributed by atoms with Gasteiger partial charge in [0.2, 0.25) is 5.89 Å². The molecule has 6 nitrogen and oxygen atoms in total. The Balaban J connectivity index is 1.79. The fourth-order valence-electron chi connectivity index (χ4n) is 2.96. The Kier molecular flexibility index (Phi) is 1.75. The van der Waals surface area contributed by atoms with Gasteiger partial charge in [-0.15, -0.1) is 0 Å². The average Bonchev–Trinajstić information content (AvgIpc) is 2.61. The van der Waals surface area contributed by atoms with Crippen molar-refractivity contribution < 1.29 is 23.8 Å². The molecule has 0 saturated heterocycles. The molecule has 6 heteroatoms. The predicted octanol–water partition coefficient (Wildman–Crippen LogP) is 0.968. The zero-order valence-corrected chi connectivity index (χ0v) is 9.23. The fraction of sp³-hybridized carbons (Fsp3) is 0.545. The molecule has 0 aromatic carbocycles. The lowest BCUT2D eigenvalue weighted by Crippen LogP contribution is -2.68. The number of methoxy groups -OCH3 is 1. The Morgan fingerprint density at radius 1 is 1.47 bits per heavy atom. The van der Waals surface area contributed by atoms with Gasteiger partial charge < -0.3 is 14.3 Å². The van der Waals surface area contributed by atoms with E-state index >= 15 is 0 Å². The lowest BCUT2D eigenvalue weighted by atomic mass is 9.35. The molecular formula is C11H11NO5. The van der Waals surface area contributed by atoms with Crippen molar-refractivity contribution in [3.63, 3.8) is 0 Å². The maximum atomic E-state index is 11.2. The number of hydrogen-bond acceptors (Lipinski definition) is 5. The Bertz CT molecular complexity index is 498. The van der Waals surface area contributed by atoms with Gasteiger partial charge in [0.05, 0.1) is 17.9 Å². The van der Waals surface area contributed by atoms with Gasteiger partial charge in [-0.05, 0) is 19.3 Å². The van der Waals surface area contributed by atoms with Crippen molar-refractivity contribution in [2.75, 3.05) is 7.11 Å². The molecule has 0 radical (unpaired) electrons. The van der Waals surface area contributed by atoms with Crippen molar-refractivity contribution in [3.05, 3.63) is 17.8 Å². The number of esters is 1. The van der Waals surface area contributed by atoms with Crippen LogP contribution >= 0.6 is 0 Å². The van der Waals surface area contributed by atoms with Crippen LogP contribution in [0.2, 0.25) is 0 Å². The molecule has 3 fully saturated rings. The van der Waals surface area contributed by atoms with Gasteiger partial charge in [0.1, 0.15) is 6.26 Å². The zero-order valence-electron chi connectivity index (χ0n) is 9.23. The summed E-state index contributed by atoms with van der Waals surface area (Å²) in [5.74, 6) is -0.834. The quantitative estimate of drug-likeness (QED) is 0.788. The molecule has 1 heterocycles. The Morgan fingerprint density at radius 2 is 2.12 bits per heavy atom. The van der Waals surface area contributed by atoms with E-state index in [1.807, 2.05) is 0 Å². The number of aliphatic carboxylic acids is 1. The SMILES string of the molecule is COC(=O)c1coc(C23CC(C(=O)O)(C2)C3)n1. The van der Waals surface area contributed by atoms with E-state index in [0.717, 1.165) is 0 Å². The maximum absolute atomic E-state index is 11.2. The van der Waals surface area contributed by atoms with Gasteiger partial charge in [-0.25, -0.2) is 9.78 Å². The van der Waals surface area contributed by atoms with Crippen molar-refractivity contribution in [1.82, 2.24) is 4.98 Å². The third-order valence-corrected chi connectivity index (χ3v) is 3.84. The van der Waals surface area contributed by atoms with E-state index in [1.165, 1.54) is 13.4 Å². The molecule has 17 heavy (non-hydrogen) atoms. The summed E-state index contributed by atoms with van der Waals surface area (Å²) in [6.07, 6.45) is 2.92. The van der Waals surface area contributed by atoms with Crippen LogP contribution < -0.4 is 0 Å². The highest BCUT2D eigenvalue weighted by Crippen LogP contribution is 2.73. The fourth-order valence-corrected chi connectivity index (χ4v) is 2.96. The summed E-state index contributed by atoms with van der Waals surface area (Å²) in [7, 11) is 1.27. The molecule has 90 valence electrons. The number of rotatable bonds is 3. The van der Waals surface area contributed by atoms with Crippen LogP contribution in [0, 0.1) is 5.41 Å². The number of carbonyl (C=O) groups is 2. The van der Waals surface area contributed by atoms with E-state index in [4.69, 9.17) is 9.52 Å². The minimum absolute atomic E-state index is 0.136. The van der Waals surface area contributed by atoms with Gasteiger partial charge in [-0.2, -0.15) is 0 Å². The molecule has 3 saturated carbocycles. The standard InChI is InChI=1S/C11H11NO5/c1-16-7(13)6-2-17-8(12-6)10-3-11(4-10,5-10)9(14)15/h2H,3-5H2,1H3,(H,14,15). The van der Waals surface area contributed by atoms with Crippen LogP contribution in [0.25, 0.3) is 0 Å². The smallest absolute Gasteiger partial charge is 0.360 e. The molecule has 1 aromatic rings. The maximum Gasteiger partial charge on any atom is 0.360 e. The molecule has 3 aliphatic rings. The van der Waals surface area contributed by atoms with Gasteiger partial charge >= 0.3 is 11.9 Å². The van der Waals surface area contributed by atoms with Gasteiger partial charge in [0.15, 0.2) is 5.69 Å². The van der Waals surface area contributed by atoms with Gasteiger partial charge in [-0.3, -0.25) is 4.79 Å². The molecule has 1 N–H and O–H groups in total. The minimum Gasteiger partial charge on any atom is -0.481 e. The summed E-state index contributed by atoms with van der Waals surface area (Å²) >= 11 is 0. The van der Waals surface area contributed by atoms with Crippen LogP contribution in [0.5, 0.6) is 0 Å². The van der Waals surface area contributed by atoms with E-state index < -0.39 is 17.4 Å². The number of aromatic nitrogens is 1. The summed E-state index contributed by atoms with van der Waals surface area (Å²) < 4.78 is 9.78. The van der Waals surface area contributed by atoms with Crippen molar-refractivity contribution in [2.24, 2.45) is 5.41 Å². The van der Waals surface area contributed by atoms with Crippen molar-refractivity contribution in [2.45, 2.75) is 24.7 Å². The zero-order chi connectivity index (χ0) is 12.3. The second-order valence-electron chi connectivity index (χ2n) is 4.93. The predicted molar refractivity (Wildman–Crippen MR) is 53.4 cm³/mol. The first-order valence-corrected chi connectivity index (χ1v) is 5.29. The number of carboxylic acid groups (broad SMARTS) is 1. The molecule has 0 spiro atoms. The molecule has 0 atom stereocenters. The number of carboxylic acids is 1.